The molecule has 0 atom stereocenters. The minimum Gasteiger partial charge on any atom is -0.405 e. The third kappa shape index (κ3) is 9.96. The summed E-state index contributed by atoms with van der Waals surface area (Å²) in [4.78, 5) is 11.3. The summed E-state index contributed by atoms with van der Waals surface area (Å²) in [6.45, 7) is 11.7. The summed E-state index contributed by atoms with van der Waals surface area (Å²) < 4.78 is 0. The Morgan fingerprint density at radius 3 is 1.73 bits per heavy atom. The molecule has 0 aromatic heterocycles. The smallest absolute Gasteiger partial charge is 0.405 e. The summed E-state index contributed by atoms with van der Waals surface area (Å²) in [5.74, 6) is 0. The summed E-state index contributed by atoms with van der Waals surface area (Å²) in [6, 6.07) is 9.87. The largest absolute Gasteiger partial charge is 3.00 e. The van der Waals surface area contributed by atoms with E-state index in [0.717, 1.165) is 12.0 Å². The third-order valence-electron chi connectivity index (χ3n) is 1.57. The second-order valence-corrected chi connectivity index (χ2v) is 2.63. The van der Waals surface area contributed by atoms with Gasteiger partial charge in [0.15, 0.2) is 0 Å². The van der Waals surface area contributed by atoms with Crippen molar-refractivity contribution in [2.75, 3.05) is 13.1 Å². The number of carbonyl (C=O) groups is 1. The Bertz CT molecular complexity index is 235. The number of nitrogens with zero attached hydrogens (tertiary/aromatic N) is 1. The van der Waals surface area contributed by atoms with Gasteiger partial charge in [-0.15, -0.1) is 25.2 Å². The van der Waals surface area contributed by atoms with Crippen LogP contribution in [0.4, 0.5) is 0 Å². The molecule has 0 radical (unpaired) electrons. The van der Waals surface area contributed by atoms with E-state index in [9.17, 15) is 4.79 Å². The zero-order valence-corrected chi connectivity index (χ0v) is 11.8. The Kier molecular flexibility index (Phi) is 13.4. The second kappa shape index (κ2) is 11.7. The fraction of sp³-hybridized carbons (Fsp3) is 0.167. The van der Waals surface area contributed by atoms with Gasteiger partial charge in [-0.3, -0.25) is 4.79 Å². The van der Waals surface area contributed by atoms with Crippen molar-refractivity contribution in [3.8, 4) is 0 Å². The van der Waals surface area contributed by atoms with Crippen LogP contribution in [-0.4, -0.2) is 24.4 Å². The molecule has 2 nitrogen and oxygen atoms in total. The van der Waals surface area contributed by atoms with Crippen molar-refractivity contribution in [3.63, 3.8) is 0 Å². The van der Waals surface area contributed by atoms with Gasteiger partial charge in [-0.1, -0.05) is 6.07 Å². The molecule has 78 valence electrons. The van der Waals surface area contributed by atoms with Crippen LogP contribution in [0.1, 0.15) is 5.56 Å². The van der Waals surface area contributed by atoms with Crippen LogP contribution in [0.3, 0.4) is 0 Å². The first-order chi connectivity index (χ1) is 6.74. The minimum absolute atomic E-state index is 0. The Hall–Kier alpha value is -0.336. The standard InChI is InChI=1S/C7H7.C5H9NO.Y/c1-7-5-3-2-4-6-7;1-3-6(4-2)5-7;/h2-6H,1H2;5H,1-4H2;/q-1;-2;+3. The van der Waals surface area contributed by atoms with Crippen molar-refractivity contribution in [1.82, 2.24) is 4.90 Å². The van der Waals surface area contributed by atoms with Crippen LogP contribution in [0.15, 0.2) is 30.3 Å². The van der Waals surface area contributed by atoms with Gasteiger partial charge < -0.3 is 18.7 Å². The molecular formula is C12H16NOY. The molecule has 0 saturated carbocycles. The van der Waals surface area contributed by atoms with Gasteiger partial charge in [-0.2, -0.15) is 24.6 Å². The molecule has 1 amide bonds. The molecule has 0 aliphatic heterocycles. The van der Waals surface area contributed by atoms with E-state index in [1.807, 2.05) is 30.3 Å². The van der Waals surface area contributed by atoms with Gasteiger partial charge in [-0.05, 0) is 0 Å². The molecule has 0 saturated heterocycles. The third-order valence-corrected chi connectivity index (χ3v) is 1.57. The molecule has 0 N–H and O–H groups in total. The molecule has 0 bridgehead atoms. The van der Waals surface area contributed by atoms with Gasteiger partial charge in [0.2, 0.25) is 6.41 Å². The fourth-order valence-corrected chi connectivity index (χ4v) is 0.695. The molecule has 0 spiro atoms. The van der Waals surface area contributed by atoms with Crippen LogP contribution in [0.2, 0.25) is 0 Å². The van der Waals surface area contributed by atoms with Crippen molar-refractivity contribution in [2.24, 2.45) is 0 Å². The van der Waals surface area contributed by atoms with Crippen LogP contribution in [0, 0.1) is 20.8 Å². The van der Waals surface area contributed by atoms with Gasteiger partial charge >= 0.3 is 32.7 Å². The van der Waals surface area contributed by atoms with E-state index in [-0.39, 0.29) is 32.7 Å². The Morgan fingerprint density at radius 1 is 1.13 bits per heavy atom. The van der Waals surface area contributed by atoms with Gasteiger partial charge in [0.05, 0.1) is 0 Å². The molecule has 0 unspecified atom stereocenters. The zero-order chi connectivity index (χ0) is 10.8. The molecule has 15 heavy (non-hydrogen) atoms. The summed E-state index contributed by atoms with van der Waals surface area (Å²) in [5.41, 5.74) is 1.07. The monoisotopic (exact) mass is 279 g/mol. The maximum absolute atomic E-state index is 9.81. The Morgan fingerprint density at radius 2 is 1.60 bits per heavy atom. The zero-order valence-electron chi connectivity index (χ0n) is 8.93. The van der Waals surface area contributed by atoms with Crippen molar-refractivity contribution in [1.29, 1.82) is 0 Å². The number of hydrogen-bond donors (Lipinski definition) is 0. The van der Waals surface area contributed by atoms with E-state index >= 15 is 0 Å². The predicted molar refractivity (Wildman–Crippen MR) is 59.3 cm³/mol. The Labute approximate surface area is 118 Å². The summed E-state index contributed by atoms with van der Waals surface area (Å²) in [6.07, 6.45) is 0.736. The number of benzene rings is 1. The van der Waals surface area contributed by atoms with Crippen LogP contribution in [0.25, 0.3) is 0 Å². The maximum Gasteiger partial charge on any atom is 3.00 e. The molecule has 0 heterocycles. The molecule has 1 aromatic rings. The van der Waals surface area contributed by atoms with Crippen molar-refractivity contribution in [2.45, 2.75) is 0 Å². The maximum atomic E-state index is 9.81. The summed E-state index contributed by atoms with van der Waals surface area (Å²) in [5, 5.41) is 0. The van der Waals surface area contributed by atoms with E-state index in [1.54, 1.807) is 0 Å². The van der Waals surface area contributed by atoms with Gasteiger partial charge in [-0.25, -0.2) is 0 Å². The van der Waals surface area contributed by atoms with E-state index < -0.39 is 0 Å². The minimum atomic E-state index is 0. The molecule has 0 aliphatic rings. The van der Waals surface area contributed by atoms with Crippen LogP contribution < -0.4 is 0 Å². The van der Waals surface area contributed by atoms with Gasteiger partial charge in [0.25, 0.3) is 0 Å². The average molecular weight is 279 g/mol. The van der Waals surface area contributed by atoms with E-state index in [2.05, 4.69) is 20.8 Å². The number of carbonyl (C=O) groups excluding carboxylic acids is 1. The first kappa shape index (κ1) is 17.1. The molecule has 0 aliphatic carbocycles. The van der Waals surface area contributed by atoms with E-state index in [0.29, 0.717) is 13.1 Å². The molecule has 0 fully saturated rings. The SMILES string of the molecule is [CH2-]CN(C=O)C[CH2-].[CH2-]c1ccccc1.[Y+3]. The van der Waals surface area contributed by atoms with Crippen LogP contribution >= 0.6 is 0 Å². The first-order valence-electron chi connectivity index (χ1n) is 4.39. The van der Waals surface area contributed by atoms with Gasteiger partial charge in [0, 0.05) is 0 Å². The second-order valence-electron chi connectivity index (χ2n) is 2.63. The molecule has 3 heteroatoms. The van der Waals surface area contributed by atoms with Crippen molar-refractivity contribution < 1.29 is 37.5 Å². The quantitative estimate of drug-likeness (QED) is 0.612. The molecular weight excluding hydrogens is 263 g/mol. The van der Waals surface area contributed by atoms with E-state index in [4.69, 9.17) is 0 Å². The number of hydrogen-bond acceptors (Lipinski definition) is 1. The molecule has 1 rings (SSSR count). The number of amides is 1. The first-order valence-corrected chi connectivity index (χ1v) is 4.39. The topological polar surface area (TPSA) is 20.3 Å². The van der Waals surface area contributed by atoms with Crippen molar-refractivity contribution in [3.05, 3.63) is 56.7 Å². The summed E-state index contributed by atoms with van der Waals surface area (Å²) >= 11 is 0. The number of rotatable bonds is 3. The van der Waals surface area contributed by atoms with Crippen LogP contribution in [0.5, 0.6) is 0 Å². The summed E-state index contributed by atoms with van der Waals surface area (Å²) in [7, 11) is 0. The van der Waals surface area contributed by atoms with Gasteiger partial charge in [0.1, 0.15) is 0 Å². The predicted octanol–water partition coefficient (Wildman–Crippen LogP) is 1.98. The molecule has 1 aromatic carbocycles. The average Bonchev–Trinajstić information content (AvgIpc) is 2.22. The van der Waals surface area contributed by atoms with E-state index in [1.165, 1.54) is 4.90 Å². The van der Waals surface area contributed by atoms with Crippen LogP contribution in [-0.2, 0) is 37.5 Å². The fourth-order valence-electron chi connectivity index (χ4n) is 0.695. The Balaban J connectivity index is 0. The normalized spacial score (nSPS) is 7.87. The van der Waals surface area contributed by atoms with Crippen molar-refractivity contribution >= 4 is 6.41 Å².